The standard InChI is InChI=1S/C15H11FN2O3/c1-20-15(19)11-3-2-4-13(18)14(11)21-10-6-5-9(8-17)12(16)7-10/h2-7H,18H2,1H3. The fourth-order valence-electron chi connectivity index (χ4n) is 1.71. The van der Waals surface area contributed by atoms with Crippen molar-refractivity contribution in [3.05, 3.63) is 53.3 Å². The Morgan fingerprint density at radius 1 is 1.33 bits per heavy atom. The van der Waals surface area contributed by atoms with Crippen molar-refractivity contribution in [2.75, 3.05) is 12.8 Å². The molecule has 0 heterocycles. The van der Waals surface area contributed by atoms with Gasteiger partial charge in [-0.25, -0.2) is 9.18 Å². The van der Waals surface area contributed by atoms with Crippen LogP contribution >= 0.6 is 0 Å². The highest BCUT2D eigenvalue weighted by Gasteiger charge is 2.17. The van der Waals surface area contributed by atoms with Gasteiger partial charge in [0.15, 0.2) is 5.75 Å². The molecule has 0 aliphatic rings. The smallest absolute Gasteiger partial charge is 0.341 e. The molecule has 0 unspecified atom stereocenters. The van der Waals surface area contributed by atoms with Gasteiger partial charge in [0.2, 0.25) is 0 Å². The number of carbonyl (C=O) groups is 1. The van der Waals surface area contributed by atoms with E-state index in [2.05, 4.69) is 4.74 Å². The monoisotopic (exact) mass is 286 g/mol. The van der Waals surface area contributed by atoms with Crippen LogP contribution in [0.2, 0.25) is 0 Å². The highest BCUT2D eigenvalue weighted by Crippen LogP contribution is 2.32. The van der Waals surface area contributed by atoms with Crippen molar-refractivity contribution in [1.82, 2.24) is 0 Å². The maximum absolute atomic E-state index is 13.6. The van der Waals surface area contributed by atoms with Crippen LogP contribution in [-0.2, 0) is 4.74 Å². The lowest BCUT2D eigenvalue weighted by Gasteiger charge is -2.12. The average Bonchev–Trinajstić information content (AvgIpc) is 2.48. The molecule has 0 aliphatic heterocycles. The fourth-order valence-corrected chi connectivity index (χ4v) is 1.71. The van der Waals surface area contributed by atoms with Gasteiger partial charge in [0, 0.05) is 6.07 Å². The van der Waals surface area contributed by atoms with Crippen LogP contribution < -0.4 is 10.5 Å². The molecule has 0 spiro atoms. The average molecular weight is 286 g/mol. The Labute approximate surface area is 120 Å². The third-order valence-electron chi connectivity index (χ3n) is 2.73. The molecular weight excluding hydrogens is 275 g/mol. The fraction of sp³-hybridized carbons (Fsp3) is 0.0667. The maximum Gasteiger partial charge on any atom is 0.341 e. The number of nitrogens with two attached hydrogens (primary N) is 1. The van der Waals surface area contributed by atoms with Gasteiger partial charge in [0.25, 0.3) is 0 Å². The summed E-state index contributed by atoms with van der Waals surface area (Å²) in [6.45, 7) is 0. The van der Waals surface area contributed by atoms with Crippen LogP contribution in [0.3, 0.4) is 0 Å². The topological polar surface area (TPSA) is 85.3 Å². The number of para-hydroxylation sites is 1. The van der Waals surface area contributed by atoms with Crippen molar-refractivity contribution in [3.63, 3.8) is 0 Å². The summed E-state index contributed by atoms with van der Waals surface area (Å²) in [6, 6.07) is 10.1. The number of methoxy groups -OCH3 is 1. The molecule has 2 N–H and O–H groups in total. The minimum atomic E-state index is -0.718. The Morgan fingerprint density at radius 2 is 2.10 bits per heavy atom. The molecule has 0 aliphatic carbocycles. The largest absolute Gasteiger partial charge is 0.465 e. The first-order valence-electron chi connectivity index (χ1n) is 5.91. The summed E-state index contributed by atoms with van der Waals surface area (Å²) in [6.07, 6.45) is 0. The van der Waals surface area contributed by atoms with Gasteiger partial charge in [0.1, 0.15) is 23.2 Å². The number of nitrogens with zero attached hydrogens (tertiary/aromatic N) is 1. The molecular formula is C15H11FN2O3. The highest BCUT2D eigenvalue weighted by molar-refractivity contribution is 5.94. The molecule has 0 bridgehead atoms. The van der Waals surface area contributed by atoms with Gasteiger partial charge in [0.05, 0.1) is 18.4 Å². The number of hydrogen-bond donors (Lipinski definition) is 1. The third kappa shape index (κ3) is 2.92. The van der Waals surface area contributed by atoms with E-state index in [0.717, 1.165) is 6.07 Å². The summed E-state index contributed by atoms with van der Waals surface area (Å²) in [5, 5.41) is 8.68. The second kappa shape index (κ2) is 5.92. The van der Waals surface area contributed by atoms with Gasteiger partial charge < -0.3 is 15.2 Å². The first-order valence-corrected chi connectivity index (χ1v) is 5.91. The first-order chi connectivity index (χ1) is 10.1. The van der Waals surface area contributed by atoms with Crippen LogP contribution in [-0.4, -0.2) is 13.1 Å². The van der Waals surface area contributed by atoms with Crippen LogP contribution in [0.15, 0.2) is 36.4 Å². The number of hydrogen-bond acceptors (Lipinski definition) is 5. The summed E-state index contributed by atoms with van der Waals surface area (Å²) >= 11 is 0. The van der Waals surface area contributed by atoms with E-state index in [1.54, 1.807) is 18.2 Å². The van der Waals surface area contributed by atoms with Gasteiger partial charge >= 0.3 is 5.97 Å². The molecule has 2 aromatic rings. The number of ether oxygens (including phenoxy) is 2. The van der Waals surface area contributed by atoms with E-state index in [9.17, 15) is 9.18 Å². The first kappa shape index (κ1) is 14.3. The summed E-state index contributed by atoms with van der Waals surface area (Å²) in [4.78, 5) is 11.7. The number of esters is 1. The molecule has 106 valence electrons. The Hall–Kier alpha value is -3.07. The molecule has 5 nitrogen and oxygen atoms in total. The van der Waals surface area contributed by atoms with Crippen LogP contribution in [0.4, 0.5) is 10.1 Å². The second-order valence-corrected chi connectivity index (χ2v) is 4.07. The number of carbonyl (C=O) groups excluding carboxylic acids is 1. The summed E-state index contributed by atoms with van der Waals surface area (Å²) in [5.41, 5.74) is 6.01. The molecule has 21 heavy (non-hydrogen) atoms. The van der Waals surface area contributed by atoms with E-state index < -0.39 is 11.8 Å². The van der Waals surface area contributed by atoms with Gasteiger partial charge in [-0.15, -0.1) is 0 Å². The number of halogens is 1. The number of rotatable bonds is 3. The van der Waals surface area contributed by atoms with Crippen molar-refractivity contribution in [2.24, 2.45) is 0 Å². The SMILES string of the molecule is COC(=O)c1cccc(N)c1Oc1ccc(C#N)c(F)c1. The van der Waals surface area contributed by atoms with Gasteiger partial charge in [-0.3, -0.25) is 0 Å². The van der Waals surface area contributed by atoms with Crippen molar-refractivity contribution in [1.29, 1.82) is 5.26 Å². The minimum Gasteiger partial charge on any atom is -0.465 e. The molecule has 0 amide bonds. The molecule has 2 rings (SSSR count). The molecule has 6 heteroatoms. The van der Waals surface area contributed by atoms with E-state index >= 15 is 0 Å². The van der Waals surface area contributed by atoms with Gasteiger partial charge in [-0.1, -0.05) is 6.07 Å². The van der Waals surface area contributed by atoms with E-state index in [-0.39, 0.29) is 28.3 Å². The predicted molar refractivity (Wildman–Crippen MR) is 73.4 cm³/mol. The van der Waals surface area contributed by atoms with E-state index in [1.165, 1.54) is 25.3 Å². The lowest BCUT2D eigenvalue weighted by atomic mass is 10.1. The van der Waals surface area contributed by atoms with E-state index in [1.807, 2.05) is 0 Å². The van der Waals surface area contributed by atoms with Crippen molar-refractivity contribution < 1.29 is 18.7 Å². The van der Waals surface area contributed by atoms with Gasteiger partial charge in [-0.05, 0) is 24.3 Å². The zero-order chi connectivity index (χ0) is 15.4. The number of anilines is 1. The Balaban J connectivity index is 2.42. The lowest BCUT2D eigenvalue weighted by Crippen LogP contribution is -2.05. The van der Waals surface area contributed by atoms with E-state index in [0.29, 0.717) is 0 Å². The normalized spacial score (nSPS) is 9.76. The van der Waals surface area contributed by atoms with Crippen LogP contribution in [0.25, 0.3) is 0 Å². The van der Waals surface area contributed by atoms with Crippen molar-refractivity contribution >= 4 is 11.7 Å². The lowest BCUT2D eigenvalue weighted by molar-refractivity contribution is 0.0598. The maximum atomic E-state index is 13.6. The summed E-state index contributed by atoms with van der Waals surface area (Å²) in [7, 11) is 1.23. The molecule has 0 aromatic heterocycles. The van der Waals surface area contributed by atoms with Gasteiger partial charge in [-0.2, -0.15) is 5.26 Å². The number of benzene rings is 2. The quantitative estimate of drug-likeness (QED) is 0.692. The molecule has 0 radical (unpaired) electrons. The highest BCUT2D eigenvalue weighted by atomic mass is 19.1. The number of nitriles is 1. The van der Waals surface area contributed by atoms with Crippen LogP contribution in [0.5, 0.6) is 11.5 Å². The Kier molecular flexibility index (Phi) is 4.05. The van der Waals surface area contributed by atoms with Crippen molar-refractivity contribution in [2.45, 2.75) is 0 Å². The molecule has 0 fully saturated rings. The molecule has 2 aromatic carbocycles. The predicted octanol–water partition coefficient (Wildman–Crippen LogP) is 2.86. The Bertz CT molecular complexity index is 738. The third-order valence-corrected chi connectivity index (χ3v) is 2.73. The zero-order valence-electron chi connectivity index (χ0n) is 11.1. The molecule has 0 saturated carbocycles. The minimum absolute atomic E-state index is 0.0773. The molecule has 0 saturated heterocycles. The van der Waals surface area contributed by atoms with E-state index in [4.69, 9.17) is 15.7 Å². The van der Waals surface area contributed by atoms with Crippen molar-refractivity contribution in [3.8, 4) is 17.6 Å². The van der Waals surface area contributed by atoms with Crippen LogP contribution in [0.1, 0.15) is 15.9 Å². The second-order valence-electron chi connectivity index (χ2n) is 4.07. The summed E-state index contributed by atoms with van der Waals surface area (Å²) < 4.78 is 23.7. The Morgan fingerprint density at radius 3 is 2.71 bits per heavy atom. The molecule has 0 atom stereocenters. The number of nitrogen functional groups attached to an aromatic ring is 1. The summed E-state index contributed by atoms with van der Waals surface area (Å²) in [5.74, 6) is -1.14. The van der Waals surface area contributed by atoms with Crippen LogP contribution in [0, 0.1) is 17.1 Å². The zero-order valence-corrected chi connectivity index (χ0v) is 11.1.